The minimum Gasteiger partial charge on any atom is -0.494 e. The van der Waals surface area contributed by atoms with Gasteiger partial charge in [-0.05, 0) is 49.7 Å². The maximum Gasteiger partial charge on any atom is 0.326 e. The van der Waals surface area contributed by atoms with E-state index < -0.39 is 5.97 Å². The zero-order chi connectivity index (χ0) is 23.1. The zero-order valence-corrected chi connectivity index (χ0v) is 19.4. The molecule has 170 valence electrons. The molecule has 0 aliphatic rings. The van der Waals surface area contributed by atoms with E-state index in [2.05, 4.69) is 4.99 Å². The SMILES string of the molecule is CCOC(=O)Cn1c(=NC(=O)Cc2ccc(OC)c(OC)c2)sc2cc(OCC)ccc21. The number of thiazole rings is 1. The second-order valence-electron chi connectivity index (χ2n) is 6.71. The number of hydrogen-bond acceptors (Lipinski definition) is 7. The lowest BCUT2D eigenvalue weighted by Gasteiger charge is -2.08. The van der Waals surface area contributed by atoms with Crippen LogP contribution in [0.4, 0.5) is 0 Å². The summed E-state index contributed by atoms with van der Waals surface area (Å²) in [5.74, 6) is 1.11. The van der Waals surface area contributed by atoms with E-state index in [-0.39, 0.29) is 25.5 Å². The number of benzene rings is 2. The number of esters is 1. The maximum absolute atomic E-state index is 12.8. The minimum atomic E-state index is -0.394. The standard InChI is InChI=1S/C23H26N2O6S/c1-5-30-16-8-9-17-20(13-16)32-23(25(17)14-22(27)31-6-2)24-21(26)12-15-7-10-18(28-3)19(11-15)29-4/h7-11,13H,5-6,12,14H2,1-4H3. The molecule has 8 nitrogen and oxygen atoms in total. The molecule has 0 aliphatic heterocycles. The number of amides is 1. The summed E-state index contributed by atoms with van der Waals surface area (Å²) in [6.07, 6.45) is 0.0815. The number of nitrogens with zero attached hydrogens (tertiary/aromatic N) is 2. The lowest BCUT2D eigenvalue weighted by molar-refractivity contribution is -0.143. The van der Waals surface area contributed by atoms with Crippen molar-refractivity contribution in [1.29, 1.82) is 0 Å². The highest BCUT2D eigenvalue weighted by Crippen LogP contribution is 2.28. The Bertz CT molecular complexity index is 1180. The first kappa shape index (κ1) is 23.3. The van der Waals surface area contributed by atoms with Gasteiger partial charge in [0, 0.05) is 0 Å². The Balaban J connectivity index is 1.97. The summed E-state index contributed by atoms with van der Waals surface area (Å²) < 4.78 is 23.8. The fourth-order valence-corrected chi connectivity index (χ4v) is 4.27. The number of rotatable bonds is 9. The van der Waals surface area contributed by atoms with Crippen LogP contribution in [0.3, 0.4) is 0 Å². The van der Waals surface area contributed by atoms with Crippen LogP contribution in [0, 0.1) is 0 Å². The fraction of sp³-hybridized carbons (Fsp3) is 0.348. The van der Waals surface area contributed by atoms with Gasteiger partial charge in [0.05, 0.1) is 44.1 Å². The van der Waals surface area contributed by atoms with Gasteiger partial charge in [0.25, 0.3) is 5.91 Å². The second-order valence-corrected chi connectivity index (χ2v) is 7.72. The largest absolute Gasteiger partial charge is 0.494 e. The van der Waals surface area contributed by atoms with Crippen LogP contribution in [0.2, 0.25) is 0 Å². The van der Waals surface area contributed by atoms with Crippen LogP contribution in [-0.2, 0) is 27.3 Å². The molecule has 0 radical (unpaired) electrons. The van der Waals surface area contributed by atoms with Crippen molar-refractivity contribution in [3.63, 3.8) is 0 Å². The molecule has 0 saturated heterocycles. The molecule has 0 spiro atoms. The Morgan fingerprint density at radius 1 is 1.00 bits per heavy atom. The molecule has 3 aromatic rings. The Labute approximate surface area is 190 Å². The van der Waals surface area contributed by atoms with Gasteiger partial charge >= 0.3 is 5.97 Å². The molecule has 0 unspecified atom stereocenters. The number of hydrogen-bond donors (Lipinski definition) is 0. The van der Waals surface area contributed by atoms with Crippen LogP contribution >= 0.6 is 11.3 Å². The van der Waals surface area contributed by atoms with Gasteiger partial charge in [-0.15, -0.1) is 0 Å². The monoisotopic (exact) mass is 458 g/mol. The lowest BCUT2D eigenvalue weighted by atomic mass is 10.1. The normalized spacial score (nSPS) is 11.4. The van der Waals surface area contributed by atoms with Crippen LogP contribution < -0.4 is 19.0 Å². The minimum absolute atomic E-state index is 0.0374. The number of carbonyl (C=O) groups excluding carboxylic acids is 2. The summed E-state index contributed by atoms with van der Waals surface area (Å²) in [5.41, 5.74) is 1.53. The highest BCUT2D eigenvalue weighted by atomic mass is 32.1. The molecule has 1 amide bonds. The van der Waals surface area contributed by atoms with E-state index in [1.165, 1.54) is 11.3 Å². The molecule has 0 N–H and O–H groups in total. The zero-order valence-electron chi connectivity index (χ0n) is 18.5. The maximum atomic E-state index is 12.8. The quantitative estimate of drug-likeness (QED) is 0.457. The van der Waals surface area contributed by atoms with E-state index in [9.17, 15) is 9.59 Å². The third-order valence-corrected chi connectivity index (χ3v) is 5.62. The fourth-order valence-electron chi connectivity index (χ4n) is 3.20. The number of aromatic nitrogens is 1. The van der Waals surface area contributed by atoms with E-state index >= 15 is 0 Å². The topological polar surface area (TPSA) is 88.4 Å². The predicted octanol–water partition coefficient (Wildman–Crippen LogP) is 3.35. The molecule has 9 heteroatoms. The molecule has 0 fully saturated rings. The predicted molar refractivity (Wildman–Crippen MR) is 121 cm³/mol. The molecule has 1 heterocycles. The van der Waals surface area contributed by atoms with E-state index in [1.807, 2.05) is 25.1 Å². The van der Waals surface area contributed by atoms with Gasteiger partial charge in [-0.25, -0.2) is 0 Å². The molecule has 32 heavy (non-hydrogen) atoms. The molecular weight excluding hydrogens is 432 g/mol. The van der Waals surface area contributed by atoms with Crippen molar-refractivity contribution in [2.45, 2.75) is 26.8 Å². The second kappa shape index (κ2) is 10.8. The molecule has 0 saturated carbocycles. The van der Waals surface area contributed by atoms with Crippen molar-refractivity contribution in [3.05, 3.63) is 46.8 Å². The average Bonchev–Trinajstić information content (AvgIpc) is 3.09. The molecular formula is C23H26N2O6S. The van der Waals surface area contributed by atoms with Crippen molar-refractivity contribution in [3.8, 4) is 17.2 Å². The van der Waals surface area contributed by atoms with Crippen molar-refractivity contribution >= 4 is 33.4 Å². The molecule has 3 rings (SSSR count). The van der Waals surface area contributed by atoms with E-state index in [0.29, 0.717) is 28.7 Å². The van der Waals surface area contributed by atoms with Gasteiger partial charge in [-0.1, -0.05) is 17.4 Å². The summed E-state index contributed by atoms with van der Waals surface area (Å²) >= 11 is 1.32. The Kier molecular flexibility index (Phi) is 7.88. The summed E-state index contributed by atoms with van der Waals surface area (Å²) in [4.78, 5) is 29.7. The highest BCUT2D eigenvalue weighted by molar-refractivity contribution is 7.16. The van der Waals surface area contributed by atoms with Gasteiger partial charge in [0.2, 0.25) is 0 Å². The number of fused-ring (bicyclic) bond motifs is 1. The van der Waals surface area contributed by atoms with Crippen LogP contribution in [0.1, 0.15) is 19.4 Å². The number of ether oxygens (including phenoxy) is 4. The van der Waals surface area contributed by atoms with Crippen LogP contribution in [-0.4, -0.2) is 43.9 Å². The van der Waals surface area contributed by atoms with Gasteiger partial charge < -0.3 is 23.5 Å². The van der Waals surface area contributed by atoms with Gasteiger partial charge in [0.1, 0.15) is 12.3 Å². The Morgan fingerprint density at radius 2 is 1.78 bits per heavy atom. The first-order valence-electron chi connectivity index (χ1n) is 10.2. The van der Waals surface area contributed by atoms with Crippen LogP contribution in [0.25, 0.3) is 10.2 Å². The van der Waals surface area contributed by atoms with Crippen molar-refractivity contribution in [2.75, 3.05) is 27.4 Å². The third-order valence-electron chi connectivity index (χ3n) is 4.58. The third kappa shape index (κ3) is 5.47. The summed E-state index contributed by atoms with van der Waals surface area (Å²) in [6.45, 7) is 4.44. The van der Waals surface area contributed by atoms with E-state index in [1.54, 1.807) is 43.9 Å². The Hall–Kier alpha value is -3.33. The van der Waals surface area contributed by atoms with Crippen molar-refractivity contribution in [2.24, 2.45) is 4.99 Å². The molecule has 1 aromatic heterocycles. The van der Waals surface area contributed by atoms with Crippen molar-refractivity contribution in [1.82, 2.24) is 4.57 Å². The van der Waals surface area contributed by atoms with Gasteiger partial charge in [-0.2, -0.15) is 4.99 Å². The van der Waals surface area contributed by atoms with E-state index in [4.69, 9.17) is 18.9 Å². The first-order chi connectivity index (χ1) is 15.5. The van der Waals surface area contributed by atoms with Crippen molar-refractivity contribution < 1.29 is 28.5 Å². The molecule has 0 atom stereocenters. The lowest BCUT2D eigenvalue weighted by Crippen LogP contribution is -2.23. The first-order valence-corrected chi connectivity index (χ1v) is 11.0. The summed E-state index contributed by atoms with van der Waals surface area (Å²) in [5, 5.41) is 0. The van der Waals surface area contributed by atoms with Gasteiger partial charge in [0.15, 0.2) is 16.3 Å². The summed E-state index contributed by atoms with van der Waals surface area (Å²) in [6, 6.07) is 10.8. The molecule has 0 bridgehead atoms. The van der Waals surface area contributed by atoms with Crippen LogP contribution in [0.15, 0.2) is 41.4 Å². The summed E-state index contributed by atoms with van der Waals surface area (Å²) in [7, 11) is 3.10. The molecule has 0 aliphatic carbocycles. The van der Waals surface area contributed by atoms with Gasteiger partial charge in [-0.3, -0.25) is 9.59 Å². The van der Waals surface area contributed by atoms with Crippen LogP contribution in [0.5, 0.6) is 17.2 Å². The average molecular weight is 459 g/mol. The Morgan fingerprint density at radius 3 is 2.47 bits per heavy atom. The highest BCUT2D eigenvalue weighted by Gasteiger charge is 2.14. The van der Waals surface area contributed by atoms with E-state index in [0.717, 1.165) is 15.8 Å². The number of methoxy groups -OCH3 is 2. The smallest absolute Gasteiger partial charge is 0.326 e. The molecule has 2 aromatic carbocycles. The number of carbonyl (C=O) groups is 2.